The van der Waals surface area contributed by atoms with E-state index in [9.17, 15) is 22.4 Å². The van der Waals surface area contributed by atoms with Crippen molar-refractivity contribution in [1.82, 2.24) is 10.6 Å². The molecule has 4 N–H and O–H groups in total. The first-order valence-electron chi connectivity index (χ1n) is 11.4. The Morgan fingerprint density at radius 2 is 1.70 bits per heavy atom. The third-order valence-corrected chi connectivity index (χ3v) is 6.71. The van der Waals surface area contributed by atoms with E-state index in [0.29, 0.717) is 16.9 Å². The number of ether oxygens (including phenoxy) is 1. The van der Waals surface area contributed by atoms with Gasteiger partial charge in [-0.3, -0.25) is 14.3 Å². The van der Waals surface area contributed by atoms with E-state index in [1.54, 1.807) is 37.3 Å². The van der Waals surface area contributed by atoms with Crippen LogP contribution in [0.5, 0.6) is 5.75 Å². The van der Waals surface area contributed by atoms with Crippen molar-refractivity contribution in [2.24, 2.45) is 0 Å². The minimum Gasteiger partial charge on any atom is -0.494 e. The highest BCUT2D eigenvalue weighted by Crippen LogP contribution is 2.25. The summed E-state index contributed by atoms with van der Waals surface area (Å²) < 4.78 is 47.8. The Hall–Kier alpha value is -4.12. The summed E-state index contributed by atoms with van der Waals surface area (Å²) in [6.07, 6.45) is 0. The molecule has 0 fully saturated rings. The van der Waals surface area contributed by atoms with Crippen molar-refractivity contribution < 1.29 is 27.1 Å². The minimum atomic E-state index is -4.05. The molecule has 2 amide bonds. The molecule has 0 aliphatic carbocycles. The lowest BCUT2D eigenvalue weighted by molar-refractivity contribution is -0.118. The molecule has 0 aliphatic heterocycles. The Balaban J connectivity index is 1.89. The Labute approximate surface area is 215 Å². The summed E-state index contributed by atoms with van der Waals surface area (Å²) in [4.78, 5) is 23.7. The number of methoxy groups -OCH3 is 1. The summed E-state index contributed by atoms with van der Waals surface area (Å²) in [7, 11) is -2.68. The number of amides is 2. The summed E-state index contributed by atoms with van der Waals surface area (Å²) in [6.45, 7) is 3.75. The minimum absolute atomic E-state index is 0.0808. The predicted molar refractivity (Wildman–Crippen MR) is 140 cm³/mol. The molecule has 3 aromatic rings. The van der Waals surface area contributed by atoms with Crippen LogP contribution >= 0.6 is 0 Å². The zero-order valence-corrected chi connectivity index (χ0v) is 21.5. The van der Waals surface area contributed by atoms with Gasteiger partial charge in [0.15, 0.2) is 11.6 Å². The lowest BCUT2D eigenvalue weighted by Crippen LogP contribution is -2.33. The van der Waals surface area contributed by atoms with Gasteiger partial charge < -0.3 is 20.7 Å². The van der Waals surface area contributed by atoms with E-state index in [-0.39, 0.29) is 41.7 Å². The van der Waals surface area contributed by atoms with E-state index < -0.39 is 21.7 Å². The molecule has 3 aromatic carbocycles. The van der Waals surface area contributed by atoms with E-state index in [1.807, 2.05) is 0 Å². The average molecular weight is 529 g/mol. The van der Waals surface area contributed by atoms with Gasteiger partial charge >= 0.3 is 0 Å². The summed E-state index contributed by atoms with van der Waals surface area (Å²) >= 11 is 0. The second kappa shape index (κ2) is 12.2. The number of anilines is 2. The van der Waals surface area contributed by atoms with Crippen LogP contribution in [0.3, 0.4) is 0 Å². The van der Waals surface area contributed by atoms with Gasteiger partial charge in [-0.15, -0.1) is 0 Å². The first-order chi connectivity index (χ1) is 17.6. The lowest BCUT2D eigenvalue weighted by atomic mass is 10.1. The summed E-state index contributed by atoms with van der Waals surface area (Å²) in [5, 5.41) is 8.32. The fourth-order valence-corrected chi connectivity index (χ4v) is 4.61. The second-order valence-electron chi connectivity index (χ2n) is 8.23. The molecule has 0 heterocycles. The monoisotopic (exact) mass is 528 g/mol. The highest BCUT2D eigenvalue weighted by atomic mass is 32.2. The van der Waals surface area contributed by atoms with Crippen LogP contribution in [0.25, 0.3) is 0 Å². The van der Waals surface area contributed by atoms with Gasteiger partial charge in [0, 0.05) is 37.8 Å². The highest BCUT2D eigenvalue weighted by molar-refractivity contribution is 7.92. The number of carbonyl (C=O) groups is 2. The molecule has 0 saturated heterocycles. The average Bonchev–Trinajstić information content (AvgIpc) is 2.87. The van der Waals surface area contributed by atoms with E-state index in [1.165, 1.54) is 44.4 Å². The van der Waals surface area contributed by atoms with Crippen LogP contribution in [0.1, 0.15) is 28.4 Å². The SMILES string of the molecule is COc1cc(CNc2cc(C(=O)NCCNC(C)=O)cc(S(=O)(=O)Nc3ccccc3C)c2)ccc1F. The van der Waals surface area contributed by atoms with Gasteiger partial charge in [-0.1, -0.05) is 24.3 Å². The lowest BCUT2D eigenvalue weighted by Gasteiger charge is -2.15. The summed E-state index contributed by atoms with van der Waals surface area (Å²) in [6, 6.07) is 15.5. The smallest absolute Gasteiger partial charge is 0.262 e. The Bertz CT molecular complexity index is 1400. The van der Waals surface area contributed by atoms with Crippen LogP contribution < -0.4 is 25.4 Å². The zero-order chi connectivity index (χ0) is 27.0. The Kier molecular flexibility index (Phi) is 9.07. The van der Waals surface area contributed by atoms with Crippen molar-refractivity contribution in [3.8, 4) is 5.75 Å². The summed E-state index contributed by atoms with van der Waals surface area (Å²) in [5.74, 6) is -1.16. The third-order valence-electron chi connectivity index (χ3n) is 5.37. The second-order valence-corrected chi connectivity index (χ2v) is 9.91. The summed E-state index contributed by atoms with van der Waals surface area (Å²) in [5.41, 5.74) is 2.31. The maximum absolute atomic E-state index is 13.8. The number of hydrogen-bond donors (Lipinski definition) is 4. The maximum atomic E-state index is 13.8. The van der Waals surface area contributed by atoms with E-state index >= 15 is 0 Å². The van der Waals surface area contributed by atoms with Crippen molar-refractivity contribution >= 4 is 33.2 Å². The van der Waals surface area contributed by atoms with Gasteiger partial charge in [0.25, 0.3) is 15.9 Å². The van der Waals surface area contributed by atoms with Crippen molar-refractivity contribution in [1.29, 1.82) is 0 Å². The molecular weight excluding hydrogens is 499 g/mol. The quantitative estimate of drug-likeness (QED) is 0.283. The number of nitrogens with one attached hydrogen (secondary N) is 4. The number of para-hydroxylation sites is 1. The van der Waals surface area contributed by atoms with E-state index in [0.717, 1.165) is 5.56 Å². The van der Waals surface area contributed by atoms with Crippen molar-refractivity contribution in [2.45, 2.75) is 25.3 Å². The Morgan fingerprint density at radius 3 is 2.41 bits per heavy atom. The predicted octanol–water partition coefficient (Wildman–Crippen LogP) is 3.42. The van der Waals surface area contributed by atoms with E-state index in [2.05, 4.69) is 20.7 Å². The molecule has 0 spiro atoms. The number of sulfonamides is 1. The normalized spacial score (nSPS) is 10.9. The fraction of sp³-hybridized carbons (Fsp3) is 0.231. The molecule has 0 atom stereocenters. The molecule has 0 saturated carbocycles. The number of halogens is 1. The van der Waals surface area contributed by atoms with Crippen LogP contribution in [-0.2, 0) is 21.4 Å². The standard InChI is InChI=1S/C26H29FN4O5S/c1-17-6-4-5-7-24(17)31-37(34,35)22-14-20(26(33)29-11-10-28-18(2)32)13-21(15-22)30-16-19-8-9-23(27)25(12-19)36-3/h4-9,12-15,30-31H,10-11,16H2,1-3H3,(H,28,32)(H,29,33). The molecule has 0 unspecified atom stereocenters. The largest absolute Gasteiger partial charge is 0.494 e. The van der Waals surface area contributed by atoms with Crippen LogP contribution in [0.4, 0.5) is 15.8 Å². The molecule has 0 radical (unpaired) electrons. The first kappa shape index (κ1) is 27.5. The topological polar surface area (TPSA) is 126 Å². The Morgan fingerprint density at radius 1 is 0.973 bits per heavy atom. The molecule has 3 rings (SSSR count). The van der Waals surface area contributed by atoms with Gasteiger partial charge in [0.05, 0.1) is 17.7 Å². The van der Waals surface area contributed by atoms with Crippen molar-refractivity contribution in [3.05, 3.63) is 83.2 Å². The van der Waals surface area contributed by atoms with E-state index in [4.69, 9.17) is 4.74 Å². The number of aryl methyl sites for hydroxylation is 1. The molecular formula is C26H29FN4O5S. The molecule has 0 aromatic heterocycles. The van der Waals surface area contributed by atoms with Gasteiger partial charge in [0.2, 0.25) is 5.91 Å². The molecule has 0 bridgehead atoms. The van der Waals surface area contributed by atoms with Crippen molar-refractivity contribution in [2.75, 3.05) is 30.2 Å². The number of benzene rings is 3. The van der Waals surface area contributed by atoms with Crippen molar-refractivity contribution in [3.63, 3.8) is 0 Å². The van der Waals surface area contributed by atoms with Gasteiger partial charge in [-0.05, 0) is 54.4 Å². The maximum Gasteiger partial charge on any atom is 0.262 e. The molecule has 9 nitrogen and oxygen atoms in total. The van der Waals surface area contributed by atoms with Gasteiger partial charge in [-0.25, -0.2) is 12.8 Å². The molecule has 0 aliphatic rings. The molecule has 196 valence electrons. The molecule has 11 heteroatoms. The zero-order valence-electron chi connectivity index (χ0n) is 20.7. The molecule has 37 heavy (non-hydrogen) atoms. The number of carbonyl (C=O) groups excluding carboxylic acids is 2. The van der Waals surface area contributed by atoms with Crippen LogP contribution in [0, 0.1) is 12.7 Å². The van der Waals surface area contributed by atoms with Gasteiger partial charge in [-0.2, -0.15) is 0 Å². The number of rotatable bonds is 11. The van der Waals surface area contributed by atoms with Crippen LogP contribution in [0.15, 0.2) is 65.6 Å². The highest BCUT2D eigenvalue weighted by Gasteiger charge is 2.19. The van der Waals surface area contributed by atoms with Crippen LogP contribution in [0.2, 0.25) is 0 Å². The fourth-order valence-electron chi connectivity index (χ4n) is 3.41. The first-order valence-corrected chi connectivity index (χ1v) is 12.9. The van der Waals surface area contributed by atoms with Gasteiger partial charge in [0.1, 0.15) is 0 Å². The third kappa shape index (κ3) is 7.68. The van der Waals surface area contributed by atoms with Crippen LogP contribution in [-0.4, -0.2) is 40.4 Å². The number of hydrogen-bond acceptors (Lipinski definition) is 6.